The predicted molar refractivity (Wildman–Crippen MR) is 161 cm³/mol. The molecule has 0 radical (unpaired) electrons. The van der Waals surface area contributed by atoms with Crippen molar-refractivity contribution in [3.05, 3.63) is 71.8 Å². The molecule has 1 saturated carbocycles. The van der Waals surface area contributed by atoms with Gasteiger partial charge in [0, 0.05) is 19.1 Å². The van der Waals surface area contributed by atoms with E-state index in [1.165, 1.54) is 36.8 Å². The molecule has 0 spiro atoms. The Kier molecular flexibility index (Phi) is 8.87. The Morgan fingerprint density at radius 2 is 1.24 bits per heavy atom. The van der Waals surface area contributed by atoms with Crippen LogP contribution in [0.15, 0.2) is 60.7 Å². The third-order valence-electron chi connectivity index (χ3n) is 10.4. The quantitative estimate of drug-likeness (QED) is 0.220. The molecule has 208 valence electrons. The normalized spacial score (nSPS) is 24.3. The predicted octanol–water partition coefficient (Wildman–Crippen LogP) is 8.78. The number of unbranched alkanes of at least 4 members (excludes halogenated alkanes) is 1. The number of nitrogens with zero attached hydrogens (tertiary/aromatic N) is 1. The van der Waals surface area contributed by atoms with E-state index in [2.05, 4.69) is 121 Å². The van der Waals surface area contributed by atoms with Crippen LogP contribution >= 0.6 is 0 Å². The molecule has 2 fully saturated rings. The first-order valence-electron chi connectivity index (χ1n) is 15.0. The lowest BCUT2D eigenvalue weighted by molar-refractivity contribution is -0.0650. The van der Waals surface area contributed by atoms with Crippen LogP contribution in [0.25, 0.3) is 0 Å². The number of hydrogen-bond acceptors (Lipinski definition) is 3. The molecule has 0 bridgehead atoms. The maximum absolute atomic E-state index is 6.25. The van der Waals surface area contributed by atoms with Gasteiger partial charge in [-0.15, -0.1) is 0 Å². The van der Waals surface area contributed by atoms with E-state index in [4.69, 9.17) is 9.31 Å². The van der Waals surface area contributed by atoms with Gasteiger partial charge in [0.25, 0.3) is 0 Å². The molecule has 1 unspecified atom stereocenters. The summed E-state index contributed by atoms with van der Waals surface area (Å²) in [4.78, 5) is 2.72. The van der Waals surface area contributed by atoms with Gasteiger partial charge in [-0.3, -0.25) is 4.90 Å². The van der Waals surface area contributed by atoms with Crippen molar-refractivity contribution < 1.29 is 9.31 Å². The van der Waals surface area contributed by atoms with Gasteiger partial charge in [0.1, 0.15) is 0 Å². The van der Waals surface area contributed by atoms with Crippen LogP contribution in [0.1, 0.15) is 98.6 Å². The van der Waals surface area contributed by atoms with Gasteiger partial charge in [0.05, 0.1) is 11.2 Å². The fraction of sp³-hybridized carbons (Fsp3) is 0.647. The summed E-state index contributed by atoms with van der Waals surface area (Å²) < 4.78 is 12.5. The van der Waals surface area contributed by atoms with E-state index in [1.54, 1.807) is 0 Å². The molecule has 2 aromatic rings. The summed E-state index contributed by atoms with van der Waals surface area (Å²) in [5, 5.41) is 0. The molecule has 1 saturated heterocycles. The Hall–Kier alpha value is -1.62. The van der Waals surface area contributed by atoms with Gasteiger partial charge in [0.2, 0.25) is 0 Å². The molecular formula is C34H52BNO2. The molecule has 38 heavy (non-hydrogen) atoms. The van der Waals surface area contributed by atoms with Crippen molar-refractivity contribution in [3.8, 4) is 0 Å². The van der Waals surface area contributed by atoms with E-state index in [0.717, 1.165) is 31.7 Å². The third-order valence-corrected chi connectivity index (χ3v) is 10.4. The van der Waals surface area contributed by atoms with Crippen molar-refractivity contribution in [1.82, 2.24) is 4.90 Å². The molecule has 1 heterocycles. The average molecular weight is 518 g/mol. The fourth-order valence-corrected chi connectivity index (χ4v) is 6.43. The fourth-order valence-electron chi connectivity index (χ4n) is 6.43. The molecule has 1 aliphatic heterocycles. The SMILES string of the molecule is CC1(C)OB(CCCCC(C)([C@H]2C[C@@H](N(Cc3ccccc3)Cc3ccccc3)C2)C(C)(C)C)OC1(C)C. The molecule has 0 aromatic heterocycles. The summed E-state index contributed by atoms with van der Waals surface area (Å²) in [6, 6.07) is 22.6. The van der Waals surface area contributed by atoms with Crippen LogP contribution in [0.2, 0.25) is 6.32 Å². The Morgan fingerprint density at radius 3 is 1.68 bits per heavy atom. The van der Waals surface area contributed by atoms with Crippen LogP contribution in [-0.2, 0) is 22.4 Å². The molecular weight excluding hydrogens is 465 g/mol. The van der Waals surface area contributed by atoms with Crippen molar-refractivity contribution in [1.29, 1.82) is 0 Å². The zero-order valence-corrected chi connectivity index (χ0v) is 25.4. The van der Waals surface area contributed by atoms with Crippen LogP contribution in [0, 0.1) is 16.7 Å². The van der Waals surface area contributed by atoms with Gasteiger partial charge in [-0.05, 0) is 81.2 Å². The molecule has 4 heteroatoms. The van der Waals surface area contributed by atoms with E-state index in [1.807, 2.05) is 0 Å². The Bertz CT molecular complexity index is 952. The summed E-state index contributed by atoms with van der Waals surface area (Å²) in [6.07, 6.45) is 7.24. The highest BCUT2D eigenvalue weighted by molar-refractivity contribution is 6.45. The van der Waals surface area contributed by atoms with Crippen molar-refractivity contribution in [2.75, 3.05) is 0 Å². The molecule has 0 N–H and O–H groups in total. The molecule has 1 atom stereocenters. The minimum atomic E-state index is -0.232. The molecule has 3 nitrogen and oxygen atoms in total. The van der Waals surface area contributed by atoms with Crippen LogP contribution < -0.4 is 0 Å². The molecule has 2 aliphatic rings. The zero-order valence-electron chi connectivity index (χ0n) is 25.4. The van der Waals surface area contributed by atoms with E-state index >= 15 is 0 Å². The highest BCUT2D eigenvalue weighted by atomic mass is 16.7. The van der Waals surface area contributed by atoms with Gasteiger partial charge in [-0.2, -0.15) is 0 Å². The minimum Gasteiger partial charge on any atom is -0.403 e. The lowest BCUT2D eigenvalue weighted by Crippen LogP contribution is -2.52. The second kappa shape index (κ2) is 11.5. The number of benzene rings is 2. The molecule has 0 amide bonds. The van der Waals surface area contributed by atoms with Crippen molar-refractivity contribution in [2.45, 2.75) is 124 Å². The van der Waals surface area contributed by atoms with Gasteiger partial charge in [0.15, 0.2) is 0 Å². The van der Waals surface area contributed by atoms with Crippen LogP contribution in [0.4, 0.5) is 0 Å². The first-order valence-corrected chi connectivity index (χ1v) is 15.0. The highest BCUT2D eigenvalue weighted by Crippen LogP contribution is 2.56. The summed E-state index contributed by atoms with van der Waals surface area (Å²) in [6.45, 7) is 20.6. The largest absolute Gasteiger partial charge is 0.457 e. The molecule has 4 rings (SSSR count). The summed E-state index contributed by atoms with van der Waals surface area (Å²) in [7, 11) is -0.0708. The van der Waals surface area contributed by atoms with Gasteiger partial charge < -0.3 is 9.31 Å². The summed E-state index contributed by atoms with van der Waals surface area (Å²) in [5.41, 5.74) is 2.95. The van der Waals surface area contributed by atoms with Crippen LogP contribution in [-0.4, -0.2) is 29.3 Å². The van der Waals surface area contributed by atoms with E-state index in [0.29, 0.717) is 11.5 Å². The first-order chi connectivity index (χ1) is 17.8. The second-order valence-electron chi connectivity index (χ2n) is 14.3. The van der Waals surface area contributed by atoms with E-state index in [-0.39, 0.29) is 23.7 Å². The van der Waals surface area contributed by atoms with Gasteiger partial charge in [-0.1, -0.05) is 101 Å². The number of hydrogen-bond donors (Lipinski definition) is 0. The third kappa shape index (κ3) is 6.57. The van der Waals surface area contributed by atoms with Crippen LogP contribution in [0.5, 0.6) is 0 Å². The monoisotopic (exact) mass is 517 g/mol. The average Bonchev–Trinajstić information content (AvgIpc) is 3.02. The lowest BCUT2D eigenvalue weighted by Gasteiger charge is -2.56. The second-order valence-corrected chi connectivity index (χ2v) is 14.3. The van der Waals surface area contributed by atoms with Crippen LogP contribution in [0.3, 0.4) is 0 Å². The Balaban J connectivity index is 1.36. The maximum atomic E-state index is 6.25. The zero-order chi connectivity index (χ0) is 27.6. The smallest absolute Gasteiger partial charge is 0.403 e. The van der Waals surface area contributed by atoms with Gasteiger partial charge in [-0.25, -0.2) is 0 Å². The Morgan fingerprint density at radius 1 is 0.763 bits per heavy atom. The summed E-state index contributed by atoms with van der Waals surface area (Å²) in [5.74, 6) is 0.762. The standard InChI is InChI=1S/C34H52BNO2/c1-31(2,3)34(8,21-15-16-22-35-37-32(4,5)33(6,7)38-35)29-23-30(24-29)36(25-27-17-11-9-12-18-27)26-28-19-13-10-14-20-28/h9-14,17-20,29-30H,15-16,21-26H2,1-8H3/t29-,30+,34?. The minimum absolute atomic E-state index is 0.0708. The first kappa shape index (κ1) is 29.4. The van der Waals surface area contributed by atoms with Crippen molar-refractivity contribution >= 4 is 7.12 Å². The molecule has 2 aromatic carbocycles. The highest BCUT2D eigenvalue weighted by Gasteiger charge is 2.51. The van der Waals surface area contributed by atoms with Crippen molar-refractivity contribution in [3.63, 3.8) is 0 Å². The topological polar surface area (TPSA) is 21.7 Å². The van der Waals surface area contributed by atoms with Gasteiger partial charge >= 0.3 is 7.12 Å². The van der Waals surface area contributed by atoms with Crippen molar-refractivity contribution in [2.24, 2.45) is 16.7 Å². The Labute approximate surface area is 233 Å². The van der Waals surface area contributed by atoms with E-state index < -0.39 is 0 Å². The number of rotatable bonds is 11. The summed E-state index contributed by atoms with van der Waals surface area (Å²) >= 11 is 0. The maximum Gasteiger partial charge on any atom is 0.457 e. The molecule has 1 aliphatic carbocycles. The van der Waals surface area contributed by atoms with E-state index in [9.17, 15) is 0 Å². The lowest BCUT2D eigenvalue weighted by atomic mass is 9.52.